The smallest absolute Gasteiger partial charge is 0.253 e. The molecule has 0 aliphatic carbocycles. The second kappa shape index (κ2) is 5.87. The number of carbonyl (C=O) groups is 2. The Hall–Kier alpha value is -1.49. The fourth-order valence-corrected chi connectivity index (χ4v) is 3.21. The highest BCUT2D eigenvalue weighted by molar-refractivity contribution is 7.98. The molecule has 1 saturated heterocycles. The SMILES string of the molecule is CCC1(CC)NC(=O)CN(c2ccccc2SC)C1=O. The van der Waals surface area contributed by atoms with Gasteiger partial charge in [0.15, 0.2) is 0 Å². The van der Waals surface area contributed by atoms with E-state index in [0.717, 1.165) is 10.6 Å². The molecule has 0 radical (unpaired) electrons. The molecule has 1 aliphatic rings. The zero-order valence-electron chi connectivity index (χ0n) is 12.1. The van der Waals surface area contributed by atoms with Gasteiger partial charge in [-0.1, -0.05) is 26.0 Å². The molecule has 108 valence electrons. The van der Waals surface area contributed by atoms with E-state index in [9.17, 15) is 9.59 Å². The molecule has 1 aromatic rings. The van der Waals surface area contributed by atoms with Gasteiger partial charge in [0.05, 0.1) is 5.69 Å². The number of rotatable bonds is 4. The summed E-state index contributed by atoms with van der Waals surface area (Å²) in [6, 6.07) is 7.71. The lowest BCUT2D eigenvalue weighted by Gasteiger charge is -2.41. The number of benzene rings is 1. The van der Waals surface area contributed by atoms with E-state index in [1.807, 2.05) is 44.4 Å². The molecule has 1 aromatic carbocycles. The van der Waals surface area contributed by atoms with E-state index in [1.54, 1.807) is 16.7 Å². The van der Waals surface area contributed by atoms with Crippen LogP contribution in [0.2, 0.25) is 0 Å². The summed E-state index contributed by atoms with van der Waals surface area (Å²) in [4.78, 5) is 27.5. The summed E-state index contributed by atoms with van der Waals surface area (Å²) in [5.41, 5.74) is 0.0621. The third-order valence-corrected chi connectivity index (χ3v) is 4.70. The predicted octanol–water partition coefficient (Wildman–Crippen LogP) is 2.43. The monoisotopic (exact) mass is 292 g/mol. The second-order valence-corrected chi connectivity index (χ2v) is 5.75. The third-order valence-electron chi connectivity index (χ3n) is 3.92. The number of thioether (sulfide) groups is 1. The maximum Gasteiger partial charge on any atom is 0.253 e. The molecule has 2 amide bonds. The zero-order valence-corrected chi connectivity index (χ0v) is 12.9. The van der Waals surface area contributed by atoms with Crippen LogP contribution >= 0.6 is 11.8 Å². The first-order valence-electron chi connectivity index (χ1n) is 6.84. The average molecular weight is 292 g/mol. The quantitative estimate of drug-likeness (QED) is 0.867. The van der Waals surface area contributed by atoms with Crippen LogP contribution in [-0.4, -0.2) is 30.2 Å². The Balaban J connectivity index is 2.45. The molecule has 4 nitrogen and oxygen atoms in total. The van der Waals surface area contributed by atoms with Gasteiger partial charge in [-0.25, -0.2) is 0 Å². The van der Waals surface area contributed by atoms with Gasteiger partial charge in [-0.3, -0.25) is 14.5 Å². The van der Waals surface area contributed by atoms with E-state index >= 15 is 0 Å². The van der Waals surface area contributed by atoms with E-state index < -0.39 is 5.54 Å². The summed E-state index contributed by atoms with van der Waals surface area (Å²) in [5.74, 6) is -0.104. The molecule has 1 heterocycles. The van der Waals surface area contributed by atoms with E-state index in [0.29, 0.717) is 12.8 Å². The van der Waals surface area contributed by atoms with Crippen LogP contribution in [0.1, 0.15) is 26.7 Å². The lowest BCUT2D eigenvalue weighted by Crippen LogP contribution is -2.66. The highest BCUT2D eigenvalue weighted by Crippen LogP contribution is 2.32. The maximum absolute atomic E-state index is 12.8. The Kier molecular flexibility index (Phi) is 4.38. The van der Waals surface area contributed by atoms with Crippen molar-refractivity contribution < 1.29 is 9.59 Å². The predicted molar refractivity (Wildman–Crippen MR) is 82.0 cm³/mol. The highest BCUT2D eigenvalue weighted by Gasteiger charge is 2.44. The first-order chi connectivity index (χ1) is 9.57. The lowest BCUT2D eigenvalue weighted by molar-refractivity contribution is -0.136. The lowest BCUT2D eigenvalue weighted by atomic mass is 9.88. The van der Waals surface area contributed by atoms with E-state index in [-0.39, 0.29) is 18.4 Å². The van der Waals surface area contributed by atoms with Crippen LogP contribution in [-0.2, 0) is 9.59 Å². The van der Waals surface area contributed by atoms with Crippen molar-refractivity contribution in [2.24, 2.45) is 0 Å². The van der Waals surface area contributed by atoms with Crippen LogP contribution in [0.15, 0.2) is 29.2 Å². The van der Waals surface area contributed by atoms with Crippen LogP contribution in [0.3, 0.4) is 0 Å². The summed E-state index contributed by atoms with van der Waals surface area (Å²) in [5, 5.41) is 2.88. The Labute approximate surface area is 123 Å². The molecule has 0 atom stereocenters. The van der Waals surface area contributed by atoms with Gasteiger partial charge in [-0.05, 0) is 31.2 Å². The minimum atomic E-state index is -0.763. The van der Waals surface area contributed by atoms with Crippen molar-refractivity contribution in [1.29, 1.82) is 0 Å². The molecule has 1 fully saturated rings. The molecular formula is C15H20N2O2S. The van der Waals surface area contributed by atoms with Gasteiger partial charge in [-0.2, -0.15) is 0 Å². The molecule has 5 heteroatoms. The zero-order chi connectivity index (χ0) is 14.8. The standard InChI is InChI=1S/C15H20N2O2S/c1-4-15(5-2)14(19)17(10-13(18)16-15)11-8-6-7-9-12(11)20-3/h6-9H,4-5,10H2,1-3H3,(H,16,18). The number of nitrogens with zero attached hydrogens (tertiary/aromatic N) is 1. The van der Waals surface area contributed by atoms with Gasteiger partial charge in [0.1, 0.15) is 12.1 Å². The van der Waals surface area contributed by atoms with Gasteiger partial charge in [0.25, 0.3) is 5.91 Å². The fraction of sp³-hybridized carbons (Fsp3) is 0.467. The van der Waals surface area contributed by atoms with E-state index in [4.69, 9.17) is 0 Å². The van der Waals surface area contributed by atoms with Gasteiger partial charge < -0.3 is 5.32 Å². The molecule has 2 rings (SSSR count). The largest absolute Gasteiger partial charge is 0.340 e. The van der Waals surface area contributed by atoms with E-state index in [2.05, 4.69) is 5.32 Å². The third kappa shape index (κ3) is 2.42. The molecule has 0 saturated carbocycles. The van der Waals surface area contributed by atoms with Crippen molar-refractivity contribution >= 4 is 29.3 Å². The number of carbonyl (C=O) groups excluding carboxylic acids is 2. The number of nitrogens with one attached hydrogen (secondary N) is 1. The van der Waals surface area contributed by atoms with Crippen LogP contribution < -0.4 is 10.2 Å². The Morgan fingerprint density at radius 3 is 2.50 bits per heavy atom. The number of hydrogen-bond acceptors (Lipinski definition) is 3. The van der Waals surface area contributed by atoms with Crippen molar-refractivity contribution in [3.8, 4) is 0 Å². The van der Waals surface area contributed by atoms with Crippen LogP contribution in [0.25, 0.3) is 0 Å². The molecule has 0 bridgehead atoms. The minimum Gasteiger partial charge on any atom is -0.340 e. The van der Waals surface area contributed by atoms with Crippen molar-refractivity contribution in [3.63, 3.8) is 0 Å². The second-order valence-electron chi connectivity index (χ2n) is 4.90. The number of para-hydroxylation sites is 1. The van der Waals surface area contributed by atoms with Gasteiger partial charge >= 0.3 is 0 Å². The maximum atomic E-state index is 12.8. The van der Waals surface area contributed by atoms with Crippen LogP contribution in [0.4, 0.5) is 5.69 Å². The topological polar surface area (TPSA) is 49.4 Å². The fourth-order valence-electron chi connectivity index (χ4n) is 2.61. The number of amides is 2. The van der Waals surface area contributed by atoms with Crippen LogP contribution in [0, 0.1) is 0 Å². The minimum absolute atomic E-state index is 0.0106. The first kappa shape index (κ1) is 14.9. The van der Waals surface area contributed by atoms with Gasteiger partial charge in [-0.15, -0.1) is 11.8 Å². The molecule has 1 N–H and O–H groups in total. The van der Waals surface area contributed by atoms with Crippen molar-refractivity contribution in [2.75, 3.05) is 17.7 Å². The molecular weight excluding hydrogens is 272 g/mol. The Morgan fingerprint density at radius 2 is 1.90 bits per heavy atom. The summed E-state index contributed by atoms with van der Waals surface area (Å²) < 4.78 is 0. The Bertz CT molecular complexity index is 526. The average Bonchev–Trinajstić information content (AvgIpc) is 2.49. The molecule has 0 spiro atoms. The van der Waals surface area contributed by atoms with Crippen molar-refractivity contribution in [3.05, 3.63) is 24.3 Å². The summed E-state index contributed by atoms with van der Waals surface area (Å²) in [7, 11) is 0. The molecule has 20 heavy (non-hydrogen) atoms. The van der Waals surface area contributed by atoms with Gasteiger partial charge in [0.2, 0.25) is 5.91 Å². The summed E-state index contributed by atoms with van der Waals surface area (Å²) in [6.07, 6.45) is 3.18. The normalized spacial score (nSPS) is 18.1. The van der Waals surface area contributed by atoms with Crippen molar-refractivity contribution in [2.45, 2.75) is 37.1 Å². The highest BCUT2D eigenvalue weighted by atomic mass is 32.2. The molecule has 0 aromatic heterocycles. The van der Waals surface area contributed by atoms with E-state index in [1.165, 1.54) is 0 Å². The van der Waals surface area contributed by atoms with Crippen molar-refractivity contribution in [1.82, 2.24) is 5.32 Å². The first-order valence-corrected chi connectivity index (χ1v) is 8.06. The number of hydrogen-bond donors (Lipinski definition) is 1. The Morgan fingerprint density at radius 1 is 1.25 bits per heavy atom. The molecule has 0 unspecified atom stereocenters. The van der Waals surface area contributed by atoms with Crippen LogP contribution in [0.5, 0.6) is 0 Å². The summed E-state index contributed by atoms with van der Waals surface area (Å²) in [6.45, 7) is 3.97. The number of piperazine rings is 1. The summed E-state index contributed by atoms with van der Waals surface area (Å²) >= 11 is 1.58. The number of anilines is 1. The molecule has 1 aliphatic heterocycles. The van der Waals surface area contributed by atoms with Gasteiger partial charge in [0, 0.05) is 4.90 Å².